The highest BCUT2D eigenvalue weighted by atomic mass is 35.5. The van der Waals surface area contributed by atoms with Crippen LogP contribution >= 0.6 is 12.4 Å². The lowest BCUT2D eigenvalue weighted by Crippen LogP contribution is -2.37. The summed E-state index contributed by atoms with van der Waals surface area (Å²) in [7, 11) is 0. The van der Waals surface area contributed by atoms with Gasteiger partial charge in [0.15, 0.2) is 0 Å². The van der Waals surface area contributed by atoms with Gasteiger partial charge in [-0.05, 0) is 53.4 Å². The lowest BCUT2D eigenvalue weighted by molar-refractivity contribution is 0.0696. The molecule has 4 aromatic carbocycles. The Labute approximate surface area is 206 Å². The predicted octanol–water partition coefficient (Wildman–Crippen LogP) is 6.59. The number of fused-ring (bicyclic) bond motifs is 2. The van der Waals surface area contributed by atoms with Gasteiger partial charge in [0.05, 0.1) is 5.56 Å². The lowest BCUT2D eigenvalue weighted by Gasteiger charge is -2.33. The Balaban J connectivity index is 0.00000274. The second-order valence-electron chi connectivity index (χ2n) is 8.69. The van der Waals surface area contributed by atoms with Crippen molar-refractivity contribution < 1.29 is 14.6 Å². The molecule has 0 spiro atoms. The summed E-state index contributed by atoms with van der Waals surface area (Å²) in [4.78, 5) is 11.5. The third-order valence-electron chi connectivity index (χ3n) is 6.56. The number of hydrogen-bond acceptors (Lipinski definition) is 3. The SMILES string of the molecule is C[C@@H](NC[C@H]1C[C@@H](c2cccc(C(=O)O)c2)c2ccccc2O1)c1cccc2ccccc12.Cl. The molecule has 0 radical (unpaired) electrons. The van der Waals surface area contributed by atoms with Crippen LogP contribution in [0.3, 0.4) is 0 Å². The van der Waals surface area contributed by atoms with Gasteiger partial charge in [-0.25, -0.2) is 4.79 Å². The molecule has 3 atom stereocenters. The smallest absolute Gasteiger partial charge is 0.335 e. The number of benzene rings is 4. The summed E-state index contributed by atoms with van der Waals surface area (Å²) in [5.74, 6) is 0.0623. The van der Waals surface area contributed by atoms with Crippen molar-refractivity contribution in [1.82, 2.24) is 5.32 Å². The molecule has 1 aliphatic heterocycles. The molecule has 1 aliphatic rings. The minimum absolute atomic E-state index is 0. The van der Waals surface area contributed by atoms with Crippen molar-refractivity contribution in [1.29, 1.82) is 0 Å². The number of carboxylic acid groups (broad SMARTS) is 1. The number of nitrogens with one attached hydrogen (secondary N) is 1. The first-order valence-corrected chi connectivity index (χ1v) is 11.4. The molecule has 174 valence electrons. The molecule has 0 fully saturated rings. The van der Waals surface area contributed by atoms with E-state index in [1.807, 2.05) is 30.3 Å². The van der Waals surface area contributed by atoms with Crippen LogP contribution in [0.2, 0.25) is 0 Å². The van der Waals surface area contributed by atoms with Gasteiger partial charge in [-0.3, -0.25) is 0 Å². The monoisotopic (exact) mass is 473 g/mol. The Kier molecular flexibility index (Phi) is 7.20. The summed E-state index contributed by atoms with van der Waals surface area (Å²) in [5.41, 5.74) is 3.71. The zero-order chi connectivity index (χ0) is 22.8. The number of rotatable bonds is 6. The number of carbonyl (C=O) groups is 1. The molecular weight excluding hydrogens is 446 g/mol. The average Bonchev–Trinajstić information content (AvgIpc) is 2.86. The lowest BCUT2D eigenvalue weighted by atomic mass is 9.83. The van der Waals surface area contributed by atoms with E-state index in [0.717, 1.165) is 23.3 Å². The Morgan fingerprint density at radius 3 is 2.59 bits per heavy atom. The average molecular weight is 474 g/mol. The molecule has 5 rings (SSSR count). The van der Waals surface area contributed by atoms with Gasteiger partial charge in [0.2, 0.25) is 0 Å². The van der Waals surface area contributed by atoms with Gasteiger partial charge in [0.1, 0.15) is 11.9 Å². The van der Waals surface area contributed by atoms with Crippen LogP contribution in [-0.2, 0) is 0 Å². The van der Waals surface area contributed by atoms with Crippen LogP contribution < -0.4 is 10.1 Å². The number of carboxylic acids is 1. The summed E-state index contributed by atoms with van der Waals surface area (Å²) >= 11 is 0. The topological polar surface area (TPSA) is 58.6 Å². The molecule has 5 heteroatoms. The Bertz CT molecular complexity index is 1300. The van der Waals surface area contributed by atoms with Crippen LogP contribution in [0.1, 0.15) is 52.4 Å². The van der Waals surface area contributed by atoms with Gasteiger partial charge in [0.25, 0.3) is 0 Å². The first-order chi connectivity index (χ1) is 16.1. The number of halogens is 1. The van der Waals surface area contributed by atoms with Crippen LogP contribution in [0.4, 0.5) is 0 Å². The fourth-order valence-electron chi connectivity index (χ4n) is 4.87. The maximum Gasteiger partial charge on any atom is 0.335 e. The number of ether oxygens (including phenoxy) is 1. The molecule has 4 nitrogen and oxygen atoms in total. The maximum atomic E-state index is 11.5. The van der Waals surface area contributed by atoms with Crippen molar-refractivity contribution in [2.45, 2.75) is 31.4 Å². The third kappa shape index (κ3) is 4.79. The van der Waals surface area contributed by atoms with E-state index < -0.39 is 5.97 Å². The van der Waals surface area contributed by atoms with Crippen molar-refractivity contribution in [3.05, 3.63) is 113 Å². The van der Waals surface area contributed by atoms with Gasteiger partial charge in [-0.2, -0.15) is 0 Å². The quantitative estimate of drug-likeness (QED) is 0.331. The number of para-hydroxylation sites is 1. The highest BCUT2D eigenvalue weighted by molar-refractivity contribution is 5.88. The van der Waals surface area contributed by atoms with Crippen molar-refractivity contribution in [2.75, 3.05) is 6.54 Å². The molecule has 0 amide bonds. The zero-order valence-electron chi connectivity index (χ0n) is 19.0. The van der Waals surface area contributed by atoms with E-state index in [9.17, 15) is 9.90 Å². The summed E-state index contributed by atoms with van der Waals surface area (Å²) < 4.78 is 6.36. The standard InChI is InChI=1S/C29H27NO3.ClH/c1-19(24-14-7-9-20-8-2-3-12-25(20)24)30-18-23-17-27(26-13-4-5-15-28(26)33-23)21-10-6-11-22(16-21)29(31)32;/h2-16,19,23,27,30H,17-18H2,1H3,(H,31,32);1H/t19-,23-,27+;/m1./s1. The van der Waals surface area contributed by atoms with Crippen molar-refractivity contribution >= 4 is 29.1 Å². The van der Waals surface area contributed by atoms with Crippen LogP contribution in [0.25, 0.3) is 10.8 Å². The van der Waals surface area contributed by atoms with E-state index in [1.165, 1.54) is 16.3 Å². The van der Waals surface area contributed by atoms with Crippen molar-refractivity contribution in [2.24, 2.45) is 0 Å². The largest absolute Gasteiger partial charge is 0.489 e. The zero-order valence-corrected chi connectivity index (χ0v) is 19.8. The second kappa shape index (κ2) is 10.3. The van der Waals surface area contributed by atoms with E-state index in [4.69, 9.17) is 4.74 Å². The van der Waals surface area contributed by atoms with E-state index in [-0.39, 0.29) is 30.5 Å². The highest BCUT2D eigenvalue weighted by Gasteiger charge is 2.30. The molecule has 0 saturated carbocycles. The second-order valence-corrected chi connectivity index (χ2v) is 8.69. The van der Waals surface area contributed by atoms with E-state index in [0.29, 0.717) is 12.1 Å². The normalized spacial score (nSPS) is 17.8. The number of aromatic carboxylic acids is 1. The van der Waals surface area contributed by atoms with Gasteiger partial charge < -0.3 is 15.2 Å². The molecule has 0 aliphatic carbocycles. The van der Waals surface area contributed by atoms with Crippen LogP contribution in [0.5, 0.6) is 5.75 Å². The predicted molar refractivity (Wildman–Crippen MR) is 138 cm³/mol. The first kappa shape index (κ1) is 23.8. The van der Waals surface area contributed by atoms with E-state index in [2.05, 4.69) is 60.8 Å². The molecule has 0 bridgehead atoms. The minimum atomic E-state index is -0.903. The molecule has 0 saturated heterocycles. The minimum Gasteiger partial charge on any atom is -0.489 e. The van der Waals surface area contributed by atoms with Gasteiger partial charge in [-0.1, -0.05) is 72.8 Å². The molecule has 4 aromatic rings. The van der Waals surface area contributed by atoms with E-state index >= 15 is 0 Å². The summed E-state index contributed by atoms with van der Waals surface area (Å²) in [6, 6.07) is 30.4. The third-order valence-corrected chi connectivity index (χ3v) is 6.56. The van der Waals surface area contributed by atoms with Crippen LogP contribution in [0.15, 0.2) is 91.0 Å². The Morgan fingerprint density at radius 1 is 1.00 bits per heavy atom. The van der Waals surface area contributed by atoms with Crippen molar-refractivity contribution in [3.8, 4) is 5.75 Å². The van der Waals surface area contributed by atoms with Gasteiger partial charge >= 0.3 is 5.97 Å². The summed E-state index contributed by atoms with van der Waals surface area (Å²) in [6.07, 6.45) is 0.769. The van der Waals surface area contributed by atoms with E-state index in [1.54, 1.807) is 12.1 Å². The summed E-state index contributed by atoms with van der Waals surface area (Å²) in [6.45, 7) is 2.89. The first-order valence-electron chi connectivity index (χ1n) is 11.4. The summed E-state index contributed by atoms with van der Waals surface area (Å²) in [5, 5.41) is 15.6. The van der Waals surface area contributed by atoms with Crippen LogP contribution in [0, 0.1) is 0 Å². The molecule has 0 aromatic heterocycles. The highest BCUT2D eigenvalue weighted by Crippen LogP contribution is 2.40. The van der Waals surface area contributed by atoms with Crippen molar-refractivity contribution in [3.63, 3.8) is 0 Å². The number of hydrogen-bond donors (Lipinski definition) is 2. The molecule has 1 heterocycles. The van der Waals surface area contributed by atoms with Crippen LogP contribution in [-0.4, -0.2) is 23.7 Å². The fourth-order valence-corrected chi connectivity index (χ4v) is 4.87. The van der Waals surface area contributed by atoms with Gasteiger partial charge in [0, 0.05) is 24.1 Å². The maximum absolute atomic E-state index is 11.5. The van der Waals surface area contributed by atoms with Gasteiger partial charge in [-0.15, -0.1) is 12.4 Å². The molecular formula is C29H28ClNO3. The molecule has 34 heavy (non-hydrogen) atoms. The molecule has 2 N–H and O–H groups in total. The Hall–Kier alpha value is -3.34. The fraction of sp³-hybridized carbons (Fsp3) is 0.207. The molecule has 0 unspecified atom stereocenters. The Morgan fingerprint density at radius 2 is 1.74 bits per heavy atom.